The van der Waals surface area contributed by atoms with Crippen LogP contribution >= 0.6 is 11.8 Å². The van der Waals surface area contributed by atoms with Gasteiger partial charge in [0.2, 0.25) is 0 Å². The second-order valence-corrected chi connectivity index (χ2v) is 5.18. The van der Waals surface area contributed by atoms with Crippen LogP contribution in [0.4, 0.5) is 0 Å². The quantitative estimate of drug-likeness (QED) is 0.795. The third-order valence-electron chi connectivity index (χ3n) is 2.48. The molecule has 0 heterocycles. The van der Waals surface area contributed by atoms with Gasteiger partial charge in [0.05, 0.1) is 6.10 Å². The largest absolute Gasteiger partial charge is 0.390 e. The zero-order valence-electron chi connectivity index (χ0n) is 10.2. The van der Waals surface area contributed by atoms with Crippen LogP contribution in [0.2, 0.25) is 0 Å². The molecule has 18 heavy (non-hydrogen) atoms. The zero-order valence-corrected chi connectivity index (χ0v) is 11.0. The first-order valence-corrected chi connectivity index (χ1v) is 6.59. The Morgan fingerprint density at radius 1 is 1.50 bits per heavy atom. The molecular formula is C14H16O3S. The molecule has 0 amide bonds. The lowest BCUT2D eigenvalue weighted by atomic mass is 10.0. The van der Waals surface area contributed by atoms with E-state index in [0.29, 0.717) is 23.3 Å². The number of aliphatic hydroxyl groups excluding tert-OH is 2. The molecule has 3 nitrogen and oxygen atoms in total. The maximum Gasteiger partial charge on any atom is 0.185 e. The van der Waals surface area contributed by atoms with Crippen LogP contribution in [0, 0.1) is 12.3 Å². The number of thioether (sulfide) groups is 1. The molecule has 1 aromatic rings. The third-order valence-corrected chi connectivity index (χ3v) is 3.32. The fourth-order valence-electron chi connectivity index (χ4n) is 1.52. The molecule has 96 valence electrons. The van der Waals surface area contributed by atoms with Gasteiger partial charge in [-0.15, -0.1) is 6.42 Å². The monoisotopic (exact) mass is 264 g/mol. The summed E-state index contributed by atoms with van der Waals surface area (Å²) in [6.07, 6.45) is 3.75. The van der Waals surface area contributed by atoms with Crippen molar-refractivity contribution in [3.05, 3.63) is 35.4 Å². The van der Waals surface area contributed by atoms with Crippen molar-refractivity contribution in [2.45, 2.75) is 25.6 Å². The van der Waals surface area contributed by atoms with Gasteiger partial charge in [-0.3, -0.25) is 4.79 Å². The predicted octanol–water partition coefficient (Wildman–Crippen LogP) is 1.73. The Hall–Kier alpha value is -1.28. The number of rotatable bonds is 5. The number of terminal acetylenes is 1. The minimum Gasteiger partial charge on any atom is -0.390 e. The number of carbonyl (C=O) groups excluding carboxylic acids is 1. The standard InChI is InChI=1S/C14H16O3S/c1-3-11-5-4-6-12(9-11)14(17)13(16)7-8-18-10(2)15/h1,4-6,9,13-14,16-17H,7-8H2,2H3. The van der Waals surface area contributed by atoms with Crippen molar-refractivity contribution in [1.29, 1.82) is 0 Å². The van der Waals surface area contributed by atoms with Crippen molar-refractivity contribution < 1.29 is 15.0 Å². The highest BCUT2D eigenvalue weighted by Gasteiger charge is 2.18. The Bertz CT molecular complexity index is 451. The molecule has 2 N–H and O–H groups in total. The first-order chi connectivity index (χ1) is 8.54. The molecule has 0 saturated heterocycles. The molecule has 0 fully saturated rings. The Morgan fingerprint density at radius 2 is 2.22 bits per heavy atom. The van der Waals surface area contributed by atoms with Crippen molar-refractivity contribution in [1.82, 2.24) is 0 Å². The van der Waals surface area contributed by atoms with Gasteiger partial charge in [0.25, 0.3) is 0 Å². The molecule has 0 aliphatic rings. The second-order valence-electron chi connectivity index (χ2n) is 3.91. The summed E-state index contributed by atoms with van der Waals surface area (Å²) in [7, 11) is 0. The maximum atomic E-state index is 10.7. The molecule has 1 rings (SSSR count). The molecule has 0 aliphatic heterocycles. The molecule has 2 unspecified atom stereocenters. The molecule has 2 atom stereocenters. The minimum absolute atomic E-state index is 0.00557. The number of aliphatic hydroxyl groups is 2. The van der Waals surface area contributed by atoms with Gasteiger partial charge >= 0.3 is 0 Å². The van der Waals surface area contributed by atoms with Crippen molar-refractivity contribution in [2.24, 2.45) is 0 Å². The van der Waals surface area contributed by atoms with Gasteiger partial charge in [-0.2, -0.15) is 0 Å². The lowest BCUT2D eigenvalue weighted by Crippen LogP contribution is -2.19. The summed E-state index contributed by atoms with van der Waals surface area (Å²) in [5, 5.41) is 19.8. The van der Waals surface area contributed by atoms with E-state index in [2.05, 4.69) is 5.92 Å². The first kappa shape index (κ1) is 14.8. The molecule has 0 aliphatic carbocycles. The van der Waals surface area contributed by atoms with Crippen LogP contribution in [0.25, 0.3) is 0 Å². The number of hydrogen-bond acceptors (Lipinski definition) is 4. The average Bonchev–Trinajstić information content (AvgIpc) is 2.37. The fourth-order valence-corrected chi connectivity index (χ4v) is 2.16. The highest BCUT2D eigenvalue weighted by Crippen LogP contribution is 2.21. The molecule has 0 saturated carbocycles. The van der Waals surface area contributed by atoms with E-state index in [1.54, 1.807) is 24.3 Å². The molecule has 0 bridgehead atoms. The lowest BCUT2D eigenvalue weighted by Gasteiger charge is -2.18. The first-order valence-electron chi connectivity index (χ1n) is 5.60. The van der Waals surface area contributed by atoms with Gasteiger partial charge in [0, 0.05) is 18.2 Å². The normalized spacial score (nSPS) is 13.7. The summed E-state index contributed by atoms with van der Waals surface area (Å²) in [4.78, 5) is 10.7. The van der Waals surface area contributed by atoms with E-state index in [0.717, 1.165) is 11.8 Å². The van der Waals surface area contributed by atoms with E-state index in [1.165, 1.54) is 6.92 Å². The molecule has 4 heteroatoms. The van der Waals surface area contributed by atoms with E-state index in [1.807, 2.05) is 0 Å². The van der Waals surface area contributed by atoms with Crippen LogP contribution in [0.3, 0.4) is 0 Å². The van der Waals surface area contributed by atoms with Crippen molar-refractivity contribution in [3.8, 4) is 12.3 Å². The summed E-state index contributed by atoms with van der Waals surface area (Å²) in [6.45, 7) is 1.48. The van der Waals surface area contributed by atoms with Gasteiger partial charge in [0.1, 0.15) is 6.10 Å². The summed E-state index contributed by atoms with van der Waals surface area (Å²) in [5.41, 5.74) is 1.25. The van der Waals surface area contributed by atoms with Gasteiger partial charge in [0.15, 0.2) is 5.12 Å². The van der Waals surface area contributed by atoms with Crippen molar-refractivity contribution in [3.63, 3.8) is 0 Å². The van der Waals surface area contributed by atoms with E-state index >= 15 is 0 Å². The predicted molar refractivity (Wildman–Crippen MR) is 73.1 cm³/mol. The minimum atomic E-state index is -0.981. The second kappa shape index (κ2) is 7.22. The van der Waals surface area contributed by atoms with Gasteiger partial charge < -0.3 is 10.2 Å². The Kier molecular flexibility index (Phi) is 5.93. The topological polar surface area (TPSA) is 57.5 Å². The highest BCUT2D eigenvalue weighted by molar-refractivity contribution is 8.13. The van der Waals surface area contributed by atoms with Crippen LogP contribution in [0.15, 0.2) is 24.3 Å². The smallest absolute Gasteiger partial charge is 0.185 e. The van der Waals surface area contributed by atoms with Gasteiger partial charge in [-0.25, -0.2) is 0 Å². The Balaban J connectivity index is 2.59. The summed E-state index contributed by atoms with van der Waals surface area (Å²) in [5.74, 6) is 2.97. The lowest BCUT2D eigenvalue weighted by molar-refractivity contribution is -0.109. The zero-order chi connectivity index (χ0) is 13.5. The summed E-state index contributed by atoms with van der Waals surface area (Å²) >= 11 is 1.14. The van der Waals surface area contributed by atoms with E-state index in [4.69, 9.17) is 6.42 Å². The SMILES string of the molecule is C#Cc1cccc(C(O)C(O)CCSC(C)=O)c1. The van der Waals surface area contributed by atoms with Crippen molar-refractivity contribution >= 4 is 16.9 Å². The van der Waals surface area contributed by atoms with E-state index in [-0.39, 0.29) is 5.12 Å². The number of carbonyl (C=O) groups is 1. The molecular weight excluding hydrogens is 248 g/mol. The molecule has 0 spiro atoms. The van der Waals surface area contributed by atoms with Crippen LogP contribution < -0.4 is 0 Å². The van der Waals surface area contributed by atoms with Crippen LogP contribution in [-0.4, -0.2) is 27.2 Å². The highest BCUT2D eigenvalue weighted by atomic mass is 32.2. The van der Waals surface area contributed by atoms with Crippen LogP contribution in [0.5, 0.6) is 0 Å². The number of benzene rings is 1. The van der Waals surface area contributed by atoms with E-state index in [9.17, 15) is 15.0 Å². The van der Waals surface area contributed by atoms with Crippen LogP contribution in [-0.2, 0) is 4.79 Å². The van der Waals surface area contributed by atoms with Gasteiger partial charge in [-0.1, -0.05) is 29.8 Å². The van der Waals surface area contributed by atoms with Gasteiger partial charge in [-0.05, 0) is 24.1 Å². The maximum absolute atomic E-state index is 10.7. The Labute approximate surface area is 111 Å². The number of hydrogen-bond donors (Lipinski definition) is 2. The third kappa shape index (κ3) is 4.53. The molecule has 0 aromatic heterocycles. The average molecular weight is 264 g/mol. The summed E-state index contributed by atoms with van der Waals surface area (Å²) in [6, 6.07) is 6.89. The van der Waals surface area contributed by atoms with E-state index < -0.39 is 12.2 Å². The Morgan fingerprint density at radius 3 is 2.83 bits per heavy atom. The fraction of sp³-hybridized carbons (Fsp3) is 0.357. The van der Waals surface area contributed by atoms with Crippen LogP contribution in [0.1, 0.15) is 30.6 Å². The molecule has 1 aromatic carbocycles. The summed E-state index contributed by atoms with van der Waals surface area (Å²) < 4.78 is 0. The molecule has 0 radical (unpaired) electrons. The van der Waals surface area contributed by atoms with Crippen molar-refractivity contribution in [2.75, 3.05) is 5.75 Å².